The zero-order valence-corrected chi connectivity index (χ0v) is 13.4. The zero-order valence-electron chi connectivity index (χ0n) is 13.4. The summed E-state index contributed by atoms with van der Waals surface area (Å²) in [4.78, 5) is 54.3. The largest absolute Gasteiger partial charge is 0.480 e. The van der Waals surface area contributed by atoms with Gasteiger partial charge in [-0.25, -0.2) is 4.79 Å². The minimum atomic E-state index is -0.812. The van der Waals surface area contributed by atoms with Crippen molar-refractivity contribution >= 4 is 11.9 Å². The van der Waals surface area contributed by atoms with Crippen LogP contribution in [0.5, 0.6) is 0 Å². The summed E-state index contributed by atoms with van der Waals surface area (Å²) in [5.41, 5.74) is -1.53. The summed E-state index contributed by atoms with van der Waals surface area (Å²) in [7, 11) is 1.81. The van der Waals surface area contributed by atoms with E-state index >= 15 is 0 Å². The van der Waals surface area contributed by atoms with E-state index in [2.05, 4.69) is 4.98 Å². The van der Waals surface area contributed by atoms with Gasteiger partial charge in [0.05, 0.1) is 0 Å². The number of carboxylic acid groups (broad SMARTS) is 1. The smallest absolute Gasteiger partial charge is 0.325 e. The summed E-state index contributed by atoms with van der Waals surface area (Å²) in [6, 6.07) is -0.478. The fourth-order valence-corrected chi connectivity index (χ4v) is 3.83. The second-order valence-electron chi connectivity index (χ2n) is 6.75. The number of aromatic nitrogens is 2. The van der Waals surface area contributed by atoms with Crippen LogP contribution in [-0.2, 0) is 4.79 Å². The van der Waals surface area contributed by atoms with Crippen LogP contribution < -0.4 is 11.2 Å². The molecule has 3 rings (SSSR count). The molecule has 0 unspecified atom stereocenters. The fourth-order valence-electron chi connectivity index (χ4n) is 3.83. The van der Waals surface area contributed by atoms with E-state index in [4.69, 9.17) is 0 Å². The minimum absolute atomic E-state index is 0.0856. The number of hydrogen-bond acceptors (Lipinski definition) is 5. The van der Waals surface area contributed by atoms with Gasteiger partial charge in [-0.15, -0.1) is 0 Å². The van der Waals surface area contributed by atoms with Gasteiger partial charge in [0.25, 0.3) is 11.5 Å². The third-order valence-corrected chi connectivity index (χ3v) is 5.19. The number of hydrogen-bond donors (Lipinski definition) is 3. The molecule has 1 spiro atoms. The molecule has 2 fully saturated rings. The fraction of sp³-hybridized carbons (Fsp3) is 0.600. The molecule has 1 aromatic heterocycles. The summed E-state index contributed by atoms with van der Waals surface area (Å²) < 4.78 is 0. The Kier molecular flexibility index (Phi) is 4.04. The van der Waals surface area contributed by atoms with Gasteiger partial charge in [0, 0.05) is 25.8 Å². The van der Waals surface area contributed by atoms with Crippen molar-refractivity contribution in [3.8, 4) is 0 Å². The number of nitrogens with one attached hydrogen (secondary N) is 2. The van der Waals surface area contributed by atoms with Crippen LogP contribution in [0.4, 0.5) is 0 Å². The van der Waals surface area contributed by atoms with Gasteiger partial charge in [0.1, 0.15) is 11.6 Å². The van der Waals surface area contributed by atoms with Crippen molar-refractivity contribution in [1.29, 1.82) is 0 Å². The van der Waals surface area contributed by atoms with Crippen molar-refractivity contribution in [3.05, 3.63) is 32.6 Å². The van der Waals surface area contributed by atoms with Crippen LogP contribution in [0, 0.1) is 5.41 Å². The number of nitrogens with zero attached hydrogens (tertiary/aromatic N) is 2. The number of likely N-dealkylation sites (N-methyl/N-ethyl adjacent to an activating group) is 1. The molecule has 0 bridgehead atoms. The lowest BCUT2D eigenvalue weighted by Crippen LogP contribution is -2.45. The third kappa shape index (κ3) is 2.86. The maximum absolute atomic E-state index is 12.5. The lowest BCUT2D eigenvalue weighted by atomic mass is 9.76. The number of H-pyrrole nitrogens is 2. The van der Waals surface area contributed by atoms with E-state index in [9.17, 15) is 24.3 Å². The van der Waals surface area contributed by atoms with Crippen molar-refractivity contribution in [1.82, 2.24) is 19.8 Å². The molecule has 3 heterocycles. The predicted octanol–water partition coefficient (Wildman–Crippen LogP) is -0.926. The lowest BCUT2D eigenvalue weighted by Gasteiger charge is -2.39. The Balaban J connectivity index is 1.69. The van der Waals surface area contributed by atoms with E-state index < -0.39 is 29.2 Å². The number of carboxylic acids is 1. The van der Waals surface area contributed by atoms with Crippen LogP contribution in [0.3, 0.4) is 0 Å². The van der Waals surface area contributed by atoms with Gasteiger partial charge in [0.15, 0.2) is 0 Å². The molecule has 3 N–H and O–H groups in total. The van der Waals surface area contributed by atoms with Crippen LogP contribution in [0.1, 0.15) is 29.6 Å². The number of aromatic amines is 2. The van der Waals surface area contributed by atoms with Gasteiger partial charge >= 0.3 is 11.7 Å². The highest BCUT2D eigenvalue weighted by molar-refractivity contribution is 5.93. The number of piperidine rings is 1. The van der Waals surface area contributed by atoms with Crippen molar-refractivity contribution in [2.45, 2.75) is 25.3 Å². The van der Waals surface area contributed by atoms with Gasteiger partial charge in [-0.05, 0) is 31.7 Å². The molecule has 1 amide bonds. The van der Waals surface area contributed by atoms with Crippen LogP contribution in [0.15, 0.2) is 15.8 Å². The Labute approximate surface area is 137 Å². The van der Waals surface area contributed by atoms with Gasteiger partial charge in [-0.1, -0.05) is 0 Å². The highest BCUT2D eigenvalue weighted by Gasteiger charge is 2.47. The summed E-state index contributed by atoms with van der Waals surface area (Å²) in [6.45, 7) is 1.64. The summed E-state index contributed by atoms with van der Waals surface area (Å²) in [5, 5.41) is 9.27. The number of aliphatic carboxylic acids is 1. The van der Waals surface area contributed by atoms with Crippen LogP contribution in [-0.4, -0.2) is 69.5 Å². The Bertz CT molecular complexity index is 775. The average Bonchev–Trinajstić information content (AvgIpc) is 2.84. The van der Waals surface area contributed by atoms with Gasteiger partial charge in [-0.3, -0.25) is 24.3 Å². The Morgan fingerprint density at radius 3 is 2.50 bits per heavy atom. The lowest BCUT2D eigenvalue weighted by molar-refractivity contribution is -0.141. The minimum Gasteiger partial charge on any atom is -0.480 e. The Morgan fingerprint density at radius 1 is 1.29 bits per heavy atom. The normalized spacial score (nSPS) is 23.5. The molecule has 0 aliphatic carbocycles. The number of carbonyl (C=O) groups is 2. The van der Waals surface area contributed by atoms with E-state index in [0.29, 0.717) is 38.9 Å². The average molecular weight is 336 g/mol. The standard InChI is InChI=1S/C15H20N4O5/c1-18-8-15(6-10(18)13(22)23)2-4-19(5-3-15)12(21)9-7-16-14(24)17-11(9)20/h7,10H,2-6,8H2,1H3,(H,22,23)(H2,16,17,20,24)/t10-/m1/s1. The van der Waals surface area contributed by atoms with Gasteiger partial charge in [0.2, 0.25) is 0 Å². The molecule has 2 saturated heterocycles. The Hall–Kier alpha value is -2.42. The van der Waals surface area contributed by atoms with E-state index in [1.165, 1.54) is 0 Å². The van der Waals surface area contributed by atoms with E-state index in [1.54, 1.807) is 4.90 Å². The van der Waals surface area contributed by atoms with Crippen molar-refractivity contribution in [2.24, 2.45) is 5.41 Å². The Morgan fingerprint density at radius 2 is 1.96 bits per heavy atom. The van der Waals surface area contributed by atoms with Gasteiger partial charge < -0.3 is 15.0 Å². The van der Waals surface area contributed by atoms with Crippen LogP contribution in [0.25, 0.3) is 0 Å². The molecule has 1 atom stereocenters. The zero-order chi connectivity index (χ0) is 17.5. The van der Waals surface area contributed by atoms with E-state index in [1.807, 2.05) is 16.9 Å². The SMILES string of the molecule is CN1CC2(CCN(C(=O)c3c[nH]c(=O)[nH]c3=O)CC2)C[C@@H]1C(=O)O. The maximum Gasteiger partial charge on any atom is 0.325 e. The van der Waals surface area contributed by atoms with Crippen LogP contribution in [0.2, 0.25) is 0 Å². The van der Waals surface area contributed by atoms with Gasteiger partial charge in [-0.2, -0.15) is 0 Å². The predicted molar refractivity (Wildman–Crippen MR) is 83.9 cm³/mol. The quantitative estimate of drug-likeness (QED) is 0.641. The summed E-state index contributed by atoms with van der Waals surface area (Å²) >= 11 is 0. The topological polar surface area (TPSA) is 127 Å². The second-order valence-corrected chi connectivity index (χ2v) is 6.75. The molecule has 0 radical (unpaired) electrons. The molecule has 1 aromatic rings. The van der Waals surface area contributed by atoms with Crippen LogP contribution >= 0.6 is 0 Å². The molecule has 130 valence electrons. The first-order valence-electron chi connectivity index (χ1n) is 7.86. The second kappa shape index (κ2) is 5.90. The molecule has 0 saturated carbocycles. The third-order valence-electron chi connectivity index (χ3n) is 5.19. The molecule has 9 heteroatoms. The highest BCUT2D eigenvalue weighted by Crippen LogP contribution is 2.42. The molecule has 0 aromatic carbocycles. The first-order valence-corrected chi connectivity index (χ1v) is 7.86. The molecule has 2 aliphatic heterocycles. The molecule has 2 aliphatic rings. The van der Waals surface area contributed by atoms with Crippen molar-refractivity contribution < 1.29 is 14.7 Å². The van der Waals surface area contributed by atoms with E-state index in [-0.39, 0.29) is 11.0 Å². The number of likely N-dealkylation sites (tertiary alicyclic amines) is 2. The highest BCUT2D eigenvalue weighted by atomic mass is 16.4. The molecule has 9 nitrogen and oxygen atoms in total. The van der Waals surface area contributed by atoms with Crippen molar-refractivity contribution in [2.75, 3.05) is 26.7 Å². The number of amides is 1. The first kappa shape index (κ1) is 16.4. The van der Waals surface area contributed by atoms with E-state index in [0.717, 1.165) is 6.20 Å². The first-order chi connectivity index (χ1) is 11.3. The summed E-state index contributed by atoms with van der Waals surface area (Å²) in [5.74, 6) is -1.23. The molecular weight excluding hydrogens is 316 g/mol. The monoisotopic (exact) mass is 336 g/mol. The molecular formula is C15H20N4O5. The number of carbonyl (C=O) groups excluding carboxylic acids is 1. The maximum atomic E-state index is 12.5. The number of rotatable bonds is 2. The van der Waals surface area contributed by atoms with Crippen molar-refractivity contribution in [3.63, 3.8) is 0 Å². The summed E-state index contributed by atoms with van der Waals surface area (Å²) in [6.07, 6.45) is 3.13. The molecule has 24 heavy (non-hydrogen) atoms.